The molecule has 4 heteroatoms. The van der Waals surface area contributed by atoms with Crippen molar-refractivity contribution in [3.05, 3.63) is 182 Å². The quantitative estimate of drug-likeness (QED) is 0.129. The Balaban J connectivity index is 1.10. The Labute approximate surface area is 351 Å². The van der Waals surface area contributed by atoms with Crippen LogP contribution in [0.3, 0.4) is 0 Å². The van der Waals surface area contributed by atoms with Crippen molar-refractivity contribution in [1.29, 1.82) is 0 Å². The predicted molar refractivity (Wildman–Crippen MR) is 256 cm³/mol. The third-order valence-electron chi connectivity index (χ3n) is 13.4. The van der Waals surface area contributed by atoms with E-state index in [4.69, 9.17) is 17.7 Å². The number of hydrogen-bond donors (Lipinski definition) is 0. The molecule has 0 amide bonds. The Hall–Kier alpha value is -8.34. The number of benzene rings is 11. The Morgan fingerprint density at radius 2 is 0.581 bits per heavy atom. The molecule has 0 saturated heterocycles. The SMILES string of the molecule is c1ccc2c(c1)oc1ccc(-c3cc4cc5c(cc(-c6ccc7oc8ccccc8c7c6)c6ccc7c8ccccc8oc7c65)cc4c4c3ccc3c5ccccc5oc34)cc12. The lowest BCUT2D eigenvalue weighted by Crippen LogP contribution is -1.89. The van der Waals surface area contributed by atoms with Gasteiger partial charge in [-0.25, -0.2) is 0 Å². The van der Waals surface area contributed by atoms with Gasteiger partial charge in [0.1, 0.15) is 44.7 Å². The van der Waals surface area contributed by atoms with Crippen LogP contribution in [0, 0.1) is 0 Å². The molecule has 15 aromatic rings. The smallest absolute Gasteiger partial charge is 0.143 e. The van der Waals surface area contributed by atoms with E-state index in [0.717, 1.165) is 153 Å². The summed E-state index contributed by atoms with van der Waals surface area (Å²) in [4.78, 5) is 0. The van der Waals surface area contributed by atoms with Crippen molar-refractivity contribution < 1.29 is 17.7 Å². The van der Waals surface area contributed by atoms with Gasteiger partial charge < -0.3 is 17.7 Å². The first-order valence-corrected chi connectivity index (χ1v) is 21.0. The molecule has 0 spiro atoms. The van der Waals surface area contributed by atoms with Gasteiger partial charge in [-0.3, -0.25) is 0 Å². The minimum absolute atomic E-state index is 0.878. The molecule has 0 aliphatic heterocycles. The van der Waals surface area contributed by atoms with Gasteiger partial charge in [0.25, 0.3) is 0 Å². The monoisotopic (exact) mass is 790 g/mol. The number of furan rings is 4. The summed E-state index contributed by atoms with van der Waals surface area (Å²) in [5.74, 6) is 0. The first-order valence-electron chi connectivity index (χ1n) is 21.0. The van der Waals surface area contributed by atoms with Gasteiger partial charge in [-0.15, -0.1) is 0 Å². The maximum atomic E-state index is 6.88. The van der Waals surface area contributed by atoms with E-state index >= 15 is 0 Å². The molecule has 0 radical (unpaired) electrons. The molecule has 11 aromatic carbocycles. The highest BCUT2D eigenvalue weighted by molar-refractivity contribution is 6.31. The lowest BCUT2D eigenvalue weighted by molar-refractivity contribution is 0.668. The molecule has 286 valence electrons. The molecule has 0 N–H and O–H groups in total. The number of para-hydroxylation sites is 4. The molecule has 4 nitrogen and oxygen atoms in total. The largest absolute Gasteiger partial charge is 0.456 e. The summed E-state index contributed by atoms with van der Waals surface area (Å²) in [6.07, 6.45) is 0. The molecule has 0 bridgehead atoms. The van der Waals surface area contributed by atoms with E-state index in [1.165, 1.54) is 0 Å². The van der Waals surface area contributed by atoms with Crippen LogP contribution in [0.4, 0.5) is 0 Å². The van der Waals surface area contributed by atoms with Crippen molar-refractivity contribution in [2.75, 3.05) is 0 Å². The lowest BCUT2D eigenvalue weighted by Gasteiger charge is -2.16. The van der Waals surface area contributed by atoms with Crippen LogP contribution in [0.5, 0.6) is 0 Å². The summed E-state index contributed by atoms with van der Waals surface area (Å²) in [7, 11) is 0. The van der Waals surface area contributed by atoms with Crippen LogP contribution in [-0.4, -0.2) is 0 Å². The molecule has 62 heavy (non-hydrogen) atoms. The van der Waals surface area contributed by atoms with Gasteiger partial charge in [0, 0.05) is 53.9 Å². The molecule has 15 rings (SSSR count). The first kappa shape index (κ1) is 32.5. The summed E-state index contributed by atoms with van der Waals surface area (Å²) in [6.45, 7) is 0. The standard InChI is InChI=1S/C58H30O4/c1-7-15-51-35(9-1)41-21-19-39-43(31-17-23-53-47(25-31)37-11-3-5-13-49(37)59-53)27-33-30-46-34(29-45(33)55(39)57(41)61-51)28-44(32-18-24-54-48(26-32)38-12-4-6-14-50(38)60-54)40-20-22-42-36-10-2-8-16-52(36)62-58(42)56(40)46/h1-30H. The highest BCUT2D eigenvalue weighted by Crippen LogP contribution is 2.48. The summed E-state index contributed by atoms with van der Waals surface area (Å²) < 4.78 is 26.3. The molecule has 0 aliphatic rings. The average Bonchev–Trinajstić information content (AvgIpc) is 4.10. The molecule has 4 heterocycles. The van der Waals surface area contributed by atoms with Crippen molar-refractivity contribution >= 4 is 131 Å². The third kappa shape index (κ3) is 4.30. The zero-order valence-corrected chi connectivity index (χ0v) is 33.0. The molecule has 0 saturated carbocycles. The Morgan fingerprint density at radius 1 is 0.226 bits per heavy atom. The first-order chi connectivity index (χ1) is 30.7. The highest BCUT2D eigenvalue weighted by Gasteiger charge is 2.22. The summed E-state index contributed by atoms with van der Waals surface area (Å²) >= 11 is 0. The topological polar surface area (TPSA) is 52.6 Å². The summed E-state index contributed by atoms with van der Waals surface area (Å²) in [6, 6.07) is 64.9. The van der Waals surface area contributed by atoms with Crippen LogP contribution >= 0.6 is 0 Å². The van der Waals surface area contributed by atoms with E-state index in [9.17, 15) is 0 Å². The summed E-state index contributed by atoms with van der Waals surface area (Å²) in [5, 5.41) is 17.8. The van der Waals surface area contributed by atoms with Crippen molar-refractivity contribution in [3.8, 4) is 22.3 Å². The van der Waals surface area contributed by atoms with Crippen molar-refractivity contribution in [1.82, 2.24) is 0 Å². The van der Waals surface area contributed by atoms with E-state index in [1.807, 2.05) is 36.4 Å². The second-order valence-corrected chi connectivity index (χ2v) is 16.7. The van der Waals surface area contributed by atoms with Crippen LogP contribution in [0.25, 0.3) is 153 Å². The molecular weight excluding hydrogens is 761 g/mol. The lowest BCUT2D eigenvalue weighted by atomic mass is 9.87. The van der Waals surface area contributed by atoms with Gasteiger partial charge in [-0.2, -0.15) is 0 Å². The minimum Gasteiger partial charge on any atom is -0.456 e. The maximum absolute atomic E-state index is 6.88. The minimum atomic E-state index is 0.878. The average molecular weight is 791 g/mol. The Morgan fingerprint density at radius 3 is 1.02 bits per heavy atom. The third-order valence-corrected chi connectivity index (χ3v) is 13.4. The number of fused-ring (bicyclic) bond motifs is 20. The van der Waals surface area contributed by atoms with E-state index in [1.54, 1.807) is 0 Å². The van der Waals surface area contributed by atoms with E-state index in [-0.39, 0.29) is 0 Å². The Kier molecular flexibility index (Phi) is 6.13. The van der Waals surface area contributed by atoms with Gasteiger partial charge in [0.15, 0.2) is 0 Å². The fraction of sp³-hybridized carbons (Fsp3) is 0. The second kappa shape index (κ2) is 11.7. The van der Waals surface area contributed by atoms with Crippen LogP contribution in [0.1, 0.15) is 0 Å². The molecular formula is C58H30O4. The van der Waals surface area contributed by atoms with Crippen molar-refractivity contribution in [2.24, 2.45) is 0 Å². The molecule has 0 fully saturated rings. The van der Waals surface area contributed by atoms with Crippen LogP contribution in [0.2, 0.25) is 0 Å². The van der Waals surface area contributed by atoms with Crippen LogP contribution in [0.15, 0.2) is 200 Å². The summed E-state index contributed by atoms with van der Waals surface area (Å²) in [5.41, 5.74) is 11.6. The van der Waals surface area contributed by atoms with Crippen LogP contribution < -0.4 is 0 Å². The fourth-order valence-corrected chi connectivity index (χ4v) is 10.6. The zero-order valence-electron chi connectivity index (χ0n) is 33.0. The molecule has 4 aromatic heterocycles. The number of rotatable bonds is 2. The van der Waals surface area contributed by atoms with Gasteiger partial charge in [-0.1, -0.05) is 97.1 Å². The van der Waals surface area contributed by atoms with Gasteiger partial charge in [0.2, 0.25) is 0 Å². The van der Waals surface area contributed by atoms with E-state index in [2.05, 4.69) is 146 Å². The number of hydrogen-bond acceptors (Lipinski definition) is 4. The predicted octanol–water partition coefficient (Wildman–Crippen LogP) is 17.2. The molecule has 0 unspecified atom stereocenters. The molecule has 0 aliphatic carbocycles. The maximum Gasteiger partial charge on any atom is 0.143 e. The van der Waals surface area contributed by atoms with Gasteiger partial charge >= 0.3 is 0 Å². The van der Waals surface area contributed by atoms with Crippen molar-refractivity contribution in [3.63, 3.8) is 0 Å². The fourth-order valence-electron chi connectivity index (χ4n) is 10.6. The van der Waals surface area contributed by atoms with E-state index < -0.39 is 0 Å². The Bertz CT molecular complexity index is 4170. The van der Waals surface area contributed by atoms with Crippen molar-refractivity contribution in [2.45, 2.75) is 0 Å². The van der Waals surface area contributed by atoms with E-state index in [0.29, 0.717) is 0 Å². The highest BCUT2D eigenvalue weighted by atomic mass is 16.3. The second-order valence-electron chi connectivity index (χ2n) is 16.7. The van der Waals surface area contributed by atoms with Gasteiger partial charge in [-0.05, 0) is 140 Å². The van der Waals surface area contributed by atoms with Crippen LogP contribution in [-0.2, 0) is 0 Å². The molecule has 0 atom stereocenters. The normalized spacial score (nSPS) is 12.5. The zero-order chi connectivity index (χ0) is 40.2. The van der Waals surface area contributed by atoms with Gasteiger partial charge in [0.05, 0.1) is 0 Å².